The third-order valence-electron chi connectivity index (χ3n) is 5.21. The first-order chi connectivity index (χ1) is 13.3. The first kappa shape index (κ1) is 20.3. The highest BCUT2D eigenvalue weighted by Gasteiger charge is 2.26. The summed E-state index contributed by atoms with van der Waals surface area (Å²) in [7, 11) is 0. The second-order valence-electron chi connectivity index (χ2n) is 8.06. The van der Waals surface area contributed by atoms with E-state index in [2.05, 4.69) is 45.9 Å². The second-order valence-corrected chi connectivity index (χ2v) is 9.17. The third kappa shape index (κ3) is 5.11. The predicted molar refractivity (Wildman–Crippen MR) is 119 cm³/mol. The Kier molecular flexibility index (Phi) is 6.35. The molecular formula is C25H28O2S. The number of hydrogen-bond acceptors (Lipinski definition) is 3. The van der Waals surface area contributed by atoms with E-state index in [4.69, 9.17) is 4.74 Å². The van der Waals surface area contributed by atoms with E-state index in [1.807, 2.05) is 30.3 Å². The normalized spacial score (nSPS) is 17.2. The first-order valence-electron chi connectivity index (χ1n) is 9.79. The minimum Gasteiger partial charge on any atom is -0.422 e. The summed E-state index contributed by atoms with van der Waals surface area (Å²) in [4.78, 5) is 14.0. The van der Waals surface area contributed by atoms with Crippen LogP contribution in [0.3, 0.4) is 0 Å². The molecule has 0 atom stereocenters. The van der Waals surface area contributed by atoms with Crippen LogP contribution < -0.4 is 4.74 Å². The van der Waals surface area contributed by atoms with Crippen molar-refractivity contribution in [1.29, 1.82) is 0 Å². The fourth-order valence-electron chi connectivity index (χ4n) is 3.68. The van der Waals surface area contributed by atoms with Crippen LogP contribution in [-0.2, 0) is 0 Å². The number of esters is 1. The zero-order valence-corrected chi connectivity index (χ0v) is 17.9. The van der Waals surface area contributed by atoms with Crippen molar-refractivity contribution in [3.63, 3.8) is 0 Å². The van der Waals surface area contributed by atoms with E-state index in [1.54, 1.807) is 12.1 Å². The average molecular weight is 393 g/mol. The summed E-state index contributed by atoms with van der Waals surface area (Å²) < 4.78 is 5.41. The zero-order chi connectivity index (χ0) is 20.1. The molecule has 3 heteroatoms. The number of benzene rings is 1. The van der Waals surface area contributed by atoms with Crippen molar-refractivity contribution < 1.29 is 9.53 Å². The Bertz CT molecular complexity index is 926. The molecule has 0 fully saturated rings. The molecule has 0 aliphatic heterocycles. The maximum absolute atomic E-state index is 12.3. The van der Waals surface area contributed by atoms with Gasteiger partial charge in [-0.25, -0.2) is 4.79 Å². The minimum atomic E-state index is -0.311. The summed E-state index contributed by atoms with van der Waals surface area (Å²) in [5.41, 5.74) is 4.38. The third-order valence-corrected chi connectivity index (χ3v) is 6.22. The van der Waals surface area contributed by atoms with Crippen LogP contribution in [0, 0.1) is 5.41 Å². The van der Waals surface area contributed by atoms with Gasteiger partial charge in [-0.05, 0) is 80.0 Å². The van der Waals surface area contributed by atoms with Gasteiger partial charge in [0.15, 0.2) is 0 Å². The summed E-state index contributed by atoms with van der Waals surface area (Å²) in [6.07, 6.45) is 10.3. The number of allylic oxidation sites excluding steroid dienone is 5. The van der Waals surface area contributed by atoms with Crippen LogP contribution in [0.15, 0.2) is 71.3 Å². The van der Waals surface area contributed by atoms with Crippen molar-refractivity contribution >= 4 is 23.4 Å². The molecule has 3 rings (SSSR count). The number of para-hydroxylation sites is 1. The van der Waals surface area contributed by atoms with Gasteiger partial charge >= 0.3 is 5.97 Å². The Morgan fingerprint density at radius 1 is 1.14 bits per heavy atom. The molecule has 2 nitrogen and oxygen atoms in total. The average Bonchev–Trinajstić information content (AvgIpc) is 3.10. The molecule has 1 aliphatic rings. The van der Waals surface area contributed by atoms with Crippen molar-refractivity contribution in [2.24, 2.45) is 5.41 Å². The van der Waals surface area contributed by atoms with Gasteiger partial charge in [-0.15, -0.1) is 11.3 Å². The molecule has 0 saturated heterocycles. The lowest BCUT2D eigenvalue weighted by atomic mass is 9.72. The van der Waals surface area contributed by atoms with Crippen LogP contribution in [0.2, 0.25) is 0 Å². The highest BCUT2D eigenvalue weighted by atomic mass is 32.1. The number of ether oxygens (including phenoxy) is 1. The fourth-order valence-corrected chi connectivity index (χ4v) is 4.58. The lowest BCUT2D eigenvalue weighted by molar-refractivity contribution is 0.0740. The van der Waals surface area contributed by atoms with E-state index >= 15 is 0 Å². The fraction of sp³-hybridized carbons (Fsp3) is 0.320. The standard InChI is InChI=1S/C25H28O2S/c1-18(12-14-22-19(2)9-8-16-25(22,3)4)17-21-13-15-23(28-21)24(26)27-20-10-6-5-7-11-20/h5-7,10-15,17H,8-9,16H2,1-4H3/b14-12?,18-17+. The molecule has 1 aliphatic carbocycles. The molecular weight excluding hydrogens is 364 g/mol. The quantitative estimate of drug-likeness (QED) is 0.300. The summed E-state index contributed by atoms with van der Waals surface area (Å²) in [6.45, 7) is 9.02. The lowest BCUT2D eigenvalue weighted by Gasteiger charge is -2.32. The summed E-state index contributed by atoms with van der Waals surface area (Å²) in [5, 5.41) is 0. The molecule has 0 amide bonds. The van der Waals surface area contributed by atoms with Crippen LogP contribution in [0.4, 0.5) is 0 Å². The molecule has 0 N–H and O–H groups in total. The first-order valence-corrected chi connectivity index (χ1v) is 10.6. The Hall–Kier alpha value is -2.39. The van der Waals surface area contributed by atoms with E-state index in [-0.39, 0.29) is 11.4 Å². The predicted octanol–water partition coefficient (Wildman–Crippen LogP) is 7.45. The van der Waals surface area contributed by atoms with E-state index in [9.17, 15) is 4.79 Å². The van der Waals surface area contributed by atoms with Gasteiger partial charge in [-0.1, -0.05) is 49.8 Å². The molecule has 0 radical (unpaired) electrons. The lowest BCUT2D eigenvalue weighted by Crippen LogP contribution is -2.19. The maximum Gasteiger partial charge on any atom is 0.353 e. The molecule has 0 bridgehead atoms. The van der Waals surface area contributed by atoms with Gasteiger partial charge in [0.25, 0.3) is 0 Å². The van der Waals surface area contributed by atoms with Crippen LogP contribution in [0.5, 0.6) is 5.75 Å². The monoisotopic (exact) mass is 392 g/mol. The molecule has 0 unspecified atom stereocenters. The van der Waals surface area contributed by atoms with Gasteiger partial charge in [-0.2, -0.15) is 0 Å². The van der Waals surface area contributed by atoms with Crippen molar-refractivity contribution in [3.05, 3.63) is 81.1 Å². The zero-order valence-electron chi connectivity index (χ0n) is 17.1. The van der Waals surface area contributed by atoms with E-state index in [0.717, 1.165) is 4.88 Å². The second kappa shape index (κ2) is 8.74. The molecule has 146 valence electrons. The van der Waals surface area contributed by atoms with Crippen molar-refractivity contribution in [2.75, 3.05) is 0 Å². The van der Waals surface area contributed by atoms with E-state index in [1.165, 1.54) is 47.3 Å². The Balaban J connectivity index is 1.69. The largest absolute Gasteiger partial charge is 0.422 e. The number of hydrogen-bond donors (Lipinski definition) is 0. The highest BCUT2D eigenvalue weighted by Crippen LogP contribution is 2.40. The summed E-state index contributed by atoms with van der Waals surface area (Å²) >= 11 is 1.45. The molecule has 0 spiro atoms. The highest BCUT2D eigenvalue weighted by molar-refractivity contribution is 7.14. The number of carbonyl (C=O) groups excluding carboxylic acids is 1. The Morgan fingerprint density at radius 3 is 2.61 bits per heavy atom. The van der Waals surface area contributed by atoms with Crippen molar-refractivity contribution in [3.8, 4) is 5.75 Å². The smallest absolute Gasteiger partial charge is 0.353 e. The van der Waals surface area contributed by atoms with Gasteiger partial charge in [0, 0.05) is 4.88 Å². The summed E-state index contributed by atoms with van der Waals surface area (Å²) in [5.74, 6) is 0.254. The molecule has 2 aromatic rings. The van der Waals surface area contributed by atoms with Crippen LogP contribution in [0.1, 0.15) is 61.5 Å². The minimum absolute atomic E-state index is 0.246. The topological polar surface area (TPSA) is 26.3 Å². The number of carbonyl (C=O) groups is 1. The summed E-state index contributed by atoms with van der Waals surface area (Å²) in [6, 6.07) is 13.0. The van der Waals surface area contributed by atoms with E-state index < -0.39 is 0 Å². The van der Waals surface area contributed by atoms with Crippen molar-refractivity contribution in [1.82, 2.24) is 0 Å². The SMILES string of the molecule is CC1=C(C=C/C(C)=C/c2ccc(C(=O)Oc3ccccc3)s2)C(C)(C)CCC1. The number of thiophene rings is 1. The molecule has 1 heterocycles. The van der Waals surface area contributed by atoms with Gasteiger partial charge < -0.3 is 4.74 Å². The Labute approximate surface area is 172 Å². The van der Waals surface area contributed by atoms with Crippen LogP contribution in [-0.4, -0.2) is 5.97 Å². The van der Waals surface area contributed by atoms with Gasteiger partial charge in [0.1, 0.15) is 10.6 Å². The molecule has 28 heavy (non-hydrogen) atoms. The van der Waals surface area contributed by atoms with Crippen LogP contribution in [0.25, 0.3) is 6.08 Å². The molecule has 1 aromatic heterocycles. The van der Waals surface area contributed by atoms with Crippen LogP contribution >= 0.6 is 11.3 Å². The Morgan fingerprint density at radius 2 is 1.89 bits per heavy atom. The van der Waals surface area contributed by atoms with Gasteiger partial charge in [0.05, 0.1) is 0 Å². The van der Waals surface area contributed by atoms with Gasteiger partial charge in [0.2, 0.25) is 0 Å². The van der Waals surface area contributed by atoms with E-state index in [0.29, 0.717) is 10.6 Å². The van der Waals surface area contributed by atoms with Gasteiger partial charge in [-0.3, -0.25) is 0 Å². The molecule has 1 aromatic carbocycles. The van der Waals surface area contributed by atoms with Crippen molar-refractivity contribution in [2.45, 2.75) is 47.0 Å². The maximum atomic E-state index is 12.3. The number of rotatable bonds is 5. The molecule has 0 saturated carbocycles.